The molecule has 0 atom stereocenters. The van der Waals surface area contributed by atoms with Crippen molar-refractivity contribution in [2.75, 3.05) is 0 Å². The number of rotatable bonds is 7. The van der Waals surface area contributed by atoms with E-state index in [1.165, 1.54) is 36.0 Å². The van der Waals surface area contributed by atoms with Crippen LogP contribution in [0.3, 0.4) is 0 Å². The Bertz CT molecular complexity index is 260. The predicted molar refractivity (Wildman–Crippen MR) is 75.4 cm³/mol. The molecule has 0 aromatic carbocycles. The zero-order valence-corrected chi connectivity index (χ0v) is 11.5. The highest BCUT2D eigenvalue weighted by Crippen LogP contribution is 2.11. The van der Waals surface area contributed by atoms with E-state index in [0.29, 0.717) is 0 Å². The number of hydrogen-bond donors (Lipinski definition) is 0. The van der Waals surface area contributed by atoms with E-state index in [4.69, 9.17) is 0 Å². The molecule has 91 valence electrons. The Morgan fingerprint density at radius 1 is 0.875 bits per heavy atom. The van der Waals surface area contributed by atoms with Crippen molar-refractivity contribution in [1.82, 2.24) is 0 Å². The van der Waals surface area contributed by atoms with Crippen molar-refractivity contribution in [2.24, 2.45) is 0 Å². The van der Waals surface area contributed by atoms with E-state index < -0.39 is 0 Å². The molecule has 0 nitrogen and oxygen atoms in total. The first-order chi connectivity index (χ1) is 7.56. The van der Waals surface area contributed by atoms with Crippen LogP contribution in [0.2, 0.25) is 0 Å². The molecule has 0 bridgehead atoms. The largest absolute Gasteiger partial charge is 0.0859 e. The van der Waals surface area contributed by atoms with E-state index in [2.05, 4.69) is 52.8 Å². The fourth-order valence-corrected chi connectivity index (χ4v) is 1.65. The van der Waals surface area contributed by atoms with E-state index in [0.717, 1.165) is 12.8 Å². The second kappa shape index (κ2) is 9.45. The highest BCUT2D eigenvalue weighted by Gasteiger charge is 1.91. The fraction of sp³-hybridized carbons (Fsp3) is 0.562. The van der Waals surface area contributed by atoms with Gasteiger partial charge >= 0.3 is 0 Å². The van der Waals surface area contributed by atoms with Crippen molar-refractivity contribution in [3.8, 4) is 0 Å². The molecule has 0 saturated heterocycles. The molecular weight excluding hydrogens is 192 g/mol. The van der Waals surface area contributed by atoms with Crippen LogP contribution in [0.15, 0.2) is 34.9 Å². The lowest BCUT2D eigenvalue weighted by Gasteiger charge is -2.00. The first-order valence-corrected chi connectivity index (χ1v) is 6.36. The first kappa shape index (κ1) is 15.2. The third kappa shape index (κ3) is 9.76. The van der Waals surface area contributed by atoms with Crippen LogP contribution < -0.4 is 0 Å². The molecule has 0 fully saturated rings. The van der Waals surface area contributed by atoms with Gasteiger partial charge in [-0.2, -0.15) is 0 Å². The summed E-state index contributed by atoms with van der Waals surface area (Å²) < 4.78 is 0. The van der Waals surface area contributed by atoms with E-state index in [-0.39, 0.29) is 0 Å². The van der Waals surface area contributed by atoms with Crippen LogP contribution in [0, 0.1) is 6.92 Å². The molecule has 0 aromatic heterocycles. The van der Waals surface area contributed by atoms with E-state index >= 15 is 0 Å². The Hall–Kier alpha value is -0.780. The molecular formula is C16H27. The number of hydrogen-bond acceptors (Lipinski definition) is 0. The Kier molecular flexibility index (Phi) is 8.99. The quantitative estimate of drug-likeness (QED) is 0.487. The summed E-state index contributed by atoms with van der Waals surface area (Å²) in [6, 6.07) is 0. The molecule has 1 radical (unpaired) electrons. The van der Waals surface area contributed by atoms with Crippen molar-refractivity contribution in [3.63, 3.8) is 0 Å². The monoisotopic (exact) mass is 219 g/mol. The van der Waals surface area contributed by atoms with Crippen molar-refractivity contribution >= 4 is 0 Å². The lowest BCUT2D eigenvalue weighted by Crippen LogP contribution is -1.80. The molecule has 0 unspecified atom stereocenters. The van der Waals surface area contributed by atoms with Crippen LogP contribution >= 0.6 is 0 Å². The Balaban J connectivity index is 3.79. The minimum Gasteiger partial charge on any atom is -0.0859 e. The zero-order valence-electron chi connectivity index (χ0n) is 11.5. The summed E-state index contributed by atoms with van der Waals surface area (Å²) >= 11 is 0. The van der Waals surface area contributed by atoms with E-state index in [9.17, 15) is 0 Å². The molecule has 0 saturated carbocycles. The average Bonchev–Trinajstić information content (AvgIpc) is 2.17. The summed E-state index contributed by atoms with van der Waals surface area (Å²) in [6.45, 7) is 12.6. The summed E-state index contributed by atoms with van der Waals surface area (Å²) in [7, 11) is 0. The second-order valence-corrected chi connectivity index (χ2v) is 4.64. The summed E-state index contributed by atoms with van der Waals surface area (Å²) in [5, 5.41) is 0. The van der Waals surface area contributed by atoms with Gasteiger partial charge in [-0.25, -0.2) is 0 Å². The van der Waals surface area contributed by atoms with E-state index in [1.54, 1.807) is 0 Å². The third-order valence-corrected chi connectivity index (χ3v) is 2.62. The lowest BCUT2D eigenvalue weighted by atomic mass is 10.1. The summed E-state index contributed by atoms with van der Waals surface area (Å²) in [6.07, 6.45) is 12.7. The highest BCUT2D eigenvalue weighted by molar-refractivity contribution is 5.06. The van der Waals surface area contributed by atoms with Crippen LogP contribution in [0.5, 0.6) is 0 Å². The molecule has 0 spiro atoms. The molecule has 0 heterocycles. The van der Waals surface area contributed by atoms with Gasteiger partial charge in [-0.15, -0.1) is 0 Å². The topological polar surface area (TPSA) is 0 Å². The molecule has 0 aliphatic heterocycles. The van der Waals surface area contributed by atoms with Gasteiger partial charge in [0.05, 0.1) is 0 Å². The maximum atomic E-state index is 3.88. The van der Waals surface area contributed by atoms with Crippen molar-refractivity contribution in [1.29, 1.82) is 0 Å². The maximum Gasteiger partial charge on any atom is -0.0286 e. The summed E-state index contributed by atoms with van der Waals surface area (Å²) in [5.74, 6) is 0. The van der Waals surface area contributed by atoms with Gasteiger partial charge in [0.2, 0.25) is 0 Å². The molecule has 0 aromatic rings. The third-order valence-electron chi connectivity index (χ3n) is 2.62. The van der Waals surface area contributed by atoms with Crippen molar-refractivity contribution in [2.45, 2.75) is 59.8 Å². The molecule has 0 aliphatic rings. The summed E-state index contributed by atoms with van der Waals surface area (Å²) in [4.78, 5) is 0. The van der Waals surface area contributed by atoms with Gasteiger partial charge in [0.1, 0.15) is 0 Å². The average molecular weight is 219 g/mol. The zero-order chi connectivity index (χ0) is 12.4. The van der Waals surface area contributed by atoms with Gasteiger partial charge in [0, 0.05) is 0 Å². The summed E-state index contributed by atoms with van der Waals surface area (Å²) in [5.41, 5.74) is 4.19. The van der Waals surface area contributed by atoms with Gasteiger partial charge in [-0.3, -0.25) is 0 Å². The van der Waals surface area contributed by atoms with Gasteiger partial charge in [0.25, 0.3) is 0 Å². The lowest BCUT2D eigenvalue weighted by molar-refractivity contribution is 0.914. The smallest absolute Gasteiger partial charge is 0.0286 e. The van der Waals surface area contributed by atoms with Crippen molar-refractivity contribution < 1.29 is 0 Å². The maximum absolute atomic E-state index is 3.88. The van der Waals surface area contributed by atoms with E-state index in [1.807, 2.05) is 0 Å². The van der Waals surface area contributed by atoms with Gasteiger partial charge in [-0.1, -0.05) is 41.9 Å². The Morgan fingerprint density at radius 2 is 1.38 bits per heavy atom. The molecule has 0 rings (SSSR count). The van der Waals surface area contributed by atoms with Crippen LogP contribution in [0.4, 0.5) is 0 Å². The van der Waals surface area contributed by atoms with Crippen LogP contribution in [0.25, 0.3) is 0 Å². The fourth-order valence-electron chi connectivity index (χ4n) is 1.65. The Morgan fingerprint density at radius 3 is 1.88 bits per heavy atom. The van der Waals surface area contributed by atoms with Gasteiger partial charge in [0.15, 0.2) is 0 Å². The van der Waals surface area contributed by atoms with Crippen LogP contribution in [-0.4, -0.2) is 0 Å². The first-order valence-electron chi connectivity index (χ1n) is 6.36. The molecule has 0 aliphatic carbocycles. The molecule has 0 N–H and O–H groups in total. The minimum atomic E-state index is 1.13. The minimum absolute atomic E-state index is 1.13. The predicted octanol–water partition coefficient (Wildman–Crippen LogP) is 5.63. The number of allylic oxidation sites excluding steroid dienone is 6. The molecule has 16 heavy (non-hydrogen) atoms. The molecule has 0 amide bonds. The molecule has 0 heteroatoms. The van der Waals surface area contributed by atoms with Crippen molar-refractivity contribution in [3.05, 3.63) is 41.9 Å². The standard InChI is InChI=1S/C16H27/c1-6-9-15(4)12-8-13-16(5)11-7-10-14(2)3/h9-10,13H,2,6-8,11-12H2,1,3-5H3/b14-10-,15-9+,16-13+. The normalized spacial score (nSPS) is 14.4. The van der Waals surface area contributed by atoms with Crippen LogP contribution in [0.1, 0.15) is 59.8 Å². The van der Waals surface area contributed by atoms with Crippen LogP contribution in [-0.2, 0) is 0 Å². The second-order valence-electron chi connectivity index (χ2n) is 4.64. The van der Waals surface area contributed by atoms with Gasteiger partial charge in [-0.05, 0) is 59.8 Å². The van der Waals surface area contributed by atoms with Gasteiger partial charge < -0.3 is 0 Å². The Labute approximate surface area is 102 Å². The highest BCUT2D eigenvalue weighted by atomic mass is 14.0. The SMILES string of the molecule is [CH2]/C(C)=C/CC/C(C)=C/CC/C(C)=C/CC.